The average Bonchev–Trinajstić information content (AvgIpc) is 2.77. The van der Waals surface area contributed by atoms with Gasteiger partial charge in [-0.15, -0.1) is 0 Å². The van der Waals surface area contributed by atoms with Gasteiger partial charge in [0.05, 0.1) is 29.4 Å². The van der Waals surface area contributed by atoms with Crippen LogP contribution < -0.4 is 5.32 Å². The third kappa shape index (κ3) is 5.47. The number of halogens is 6. The van der Waals surface area contributed by atoms with E-state index in [2.05, 4.69) is 10.5 Å². The van der Waals surface area contributed by atoms with E-state index in [1.165, 1.54) is 6.92 Å². The van der Waals surface area contributed by atoms with Crippen molar-refractivity contribution in [2.45, 2.75) is 49.8 Å². The second kappa shape index (κ2) is 9.19. The molecule has 1 aliphatic heterocycles. The fourth-order valence-electron chi connectivity index (χ4n) is 3.79. The third-order valence-corrected chi connectivity index (χ3v) is 5.72. The van der Waals surface area contributed by atoms with Gasteiger partial charge < -0.3 is 10.1 Å². The van der Waals surface area contributed by atoms with E-state index in [0.717, 1.165) is 5.56 Å². The number of nitrogens with one attached hydrogen (secondary N) is 1. The zero-order chi connectivity index (χ0) is 23.6. The Bertz CT molecular complexity index is 890. The molecule has 0 aliphatic carbocycles. The SMILES string of the molecule is C[C@@H](OC[C@@]1(c2ccccc2)CCC(N=O)CN1)c1cc(C(F)(F)F)cc(C(F)(F)F)c1. The van der Waals surface area contributed by atoms with Gasteiger partial charge in [-0.25, -0.2) is 0 Å². The minimum Gasteiger partial charge on any atom is -0.372 e. The second-order valence-electron chi connectivity index (χ2n) is 7.92. The molecule has 0 spiro atoms. The molecule has 0 amide bonds. The van der Waals surface area contributed by atoms with Gasteiger partial charge in [-0.3, -0.25) is 0 Å². The molecule has 0 bridgehead atoms. The van der Waals surface area contributed by atoms with Crippen molar-refractivity contribution in [2.75, 3.05) is 13.2 Å². The molecule has 0 radical (unpaired) electrons. The molecule has 4 nitrogen and oxygen atoms in total. The Kier molecular flexibility index (Phi) is 6.94. The second-order valence-corrected chi connectivity index (χ2v) is 7.92. The summed E-state index contributed by atoms with van der Waals surface area (Å²) in [4.78, 5) is 10.9. The van der Waals surface area contributed by atoms with E-state index in [4.69, 9.17) is 4.74 Å². The van der Waals surface area contributed by atoms with Crippen LogP contribution in [-0.4, -0.2) is 19.2 Å². The number of nitroso groups, excluding NO2 is 1. The van der Waals surface area contributed by atoms with Gasteiger partial charge >= 0.3 is 12.4 Å². The van der Waals surface area contributed by atoms with Gasteiger partial charge in [-0.2, -0.15) is 31.2 Å². The molecule has 10 heteroatoms. The van der Waals surface area contributed by atoms with Crippen LogP contribution in [0.3, 0.4) is 0 Å². The van der Waals surface area contributed by atoms with Gasteiger partial charge in [0.2, 0.25) is 0 Å². The zero-order valence-electron chi connectivity index (χ0n) is 17.1. The summed E-state index contributed by atoms with van der Waals surface area (Å²) < 4.78 is 84.9. The lowest BCUT2D eigenvalue weighted by Crippen LogP contribution is -2.53. The van der Waals surface area contributed by atoms with E-state index in [9.17, 15) is 31.2 Å². The summed E-state index contributed by atoms with van der Waals surface area (Å²) in [6, 6.07) is 10.2. The Labute approximate surface area is 180 Å². The lowest BCUT2D eigenvalue weighted by Gasteiger charge is -2.40. The van der Waals surface area contributed by atoms with Crippen LogP contribution in [0.25, 0.3) is 0 Å². The van der Waals surface area contributed by atoms with Crippen molar-refractivity contribution in [3.05, 3.63) is 75.7 Å². The Morgan fingerprint density at radius 1 is 1.06 bits per heavy atom. The maximum atomic E-state index is 13.2. The van der Waals surface area contributed by atoms with Crippen molar-refractivity contribution in [2.24, 2.45) is 5.18 Å². The number of hydrogen-bond acceptors (Lipinski definition) is 4. The number of benzene rings is 2. The summed E-state index contributed by atoms with van der Waals surface area (Å²) in [6.45, 7) is 1.69. The maximum Gasteiger partial charge on any atom is 0.416 e. The van der Waals surface area contributed by atoms with E-state index in [-0.39, 0.29) is 24.8 Å². The topological polar surface area (TPSA) is 50.7 Å². The van der Waals surface area contributed by atoms with Crippen molar-refractivity contribution in [3.8, 4) is 0 Å². The van der Waals surface area contributed by atoms with E-state index in [0.29, 0.717) is 25.0 Å². The lowest BCUT2D eigenvalue weighted by atomic mass is 9.81. The lowest BCUT2D eigenvalue weighted by molar-refractivity contribution is -0.143. The fraction of sp³-hybridized carbons (Fsp3) is 0.455. The number of alkyl halides is 6. The molecule has 2 aromatic carbocycles. The molecule has 32 heavy (non-hydrogen) atoms. The molecule has 1 N–H and O–H groups in total. The first kappa shape index (κ1) is 24.2. The average molecular weight is 460 g/mol. The van der Waals surface area contributed by atoms with Gasteiger partial charge in [-0.05, 0) is 49.1 Å². The highest BCUT2D eigenvalue weighted by molar-refractivity contribution is 5.35. The first-order valence-corrected chi connectivity index (χ1v) is 9.98. The van der Waals surface area contributed by atoms with Crippen LogP contribution in [-0.2, 0) is 22.6 Å². The van der Waals surface area contributed by atoms with Crippen LogP contribution in [0.1, 0.15) is 48.1 Å². The number of piperidine rings is 1. The van der Waals surface area contributed by atoms with Crippen molar-refractivity contribution < 1.29 is 31.1 Å². The highest BCUT2D eigenvalue weighted by Gasteiger charge is 2.39. The van der Waals surface area contributed by atoms with Crippen LogP contribution in [0.15, 0.2) is 53.7 Å². The Balaban J connectivity index is 1.87. The van der Waals surface area contributed by atoms with Gasteiger partial charge in [0.15, 0.2) is 0 Å². The number of hydrogen-bond donors (Lipinski definition) is 1. The molecule has 2 aromatic rings. The molecule has 1 fully saturated rings. The summed E-state index contributed by atoms with van der Waals surface area (Å²) in [5, 5.41) is 6.30. The molecule has 1 aliphatic rings. The van der Waals surface area contributed by atoms with Crippen molar-refractivity contribution >= 4 is 0 Å². The number of rotatable bonds is 6. The van der Waals surface area contributed by atoms with Crippen molar-refractivity contribution in [3.63, 3.8) is 0 Å². The van der Waals surface area contributed by atoms with Crippen LogP contribution in [0.4, 0.5) is 26.3 Å². The minimum atomic E-state index is -4.93. The minimum absolute atomic E-state index is 0.0125. The molecule has 1 unspecified atom stereocenters. The predicted molar refractivity (Wildman–Crippen MR) is 106 cm³/mol. The van der Waals surface area contributed by atoms with E-state index < -0.39 is 41.2 Å². The maximum absolute atomic E-state index is 13.2. The van der Waals surface area contributed by atoms with Crippen LogP contribution in [0.2, 0.25) is 0 Å². The predicted octanol–water partition coefficient (Wildman–Crippen LogP) is 6.22. The molecule has 1 heterocycles. The first-order chi connectivity index (χ1) is 14.9. The van der Waals surface area contributed by atoms with E-state index in [1.807, 2.05) is 30.3 Å². The standard InChI is InChI=1S/C22H22F6N2O2/c1-14(15-9-17(21(23,24)25)11-18(10-15)22(26,27)28)32-13-20(16-5-3-2-4-6-16)8-7-19(30-31)12-29-20/h2-6,9-11,14,19,29H,7-8,12-13H2,1H3/t14-,19?,20-/m1/s1. The Morgan fingerprint density at radius 2 is 1.66 bits per heavy atom. The molecule has 0 aromatic heterocycles. The van der Waals surface area contributed by atoms with Gasteiger partial charge in [-0.1, -0.05) is 35.5 Å². The summed E-state index contributed by atoms with van der Waals surface area (Å²) >= 11 is 0. The molecule has 1 saturated heterocycles. The fourth-order valence-corrected chi connectivity index (χ4v) is 3.79. The quantitative estimate of drug-likeness (QED) is 0.412. The smallest absolute Gasteiger partial charge is 0.372 e. The Morgan fingerprint density at radius 3 is 2.12 bits per heavy atom. The molecular formula is C22H22F6N2O2. The van der Waals surface area contributed by atoms with Crippen LogP contribution in [0.5, 0.6) is 0 Å². The summed E-state index contributed by atoms with van der Waals surface area (Å²) in [5.41, 5.74) is -2.89. The van der Waals surface area contributed by atoms with Crippen molar-refractivity contribution in [1.82, 2.24) is 5.32 Å². The van der Waals surface area contributed by atoms with Gasteiger partial charge in [0.1, 0.15) is 6.04 Å². The zero-order valence-corrected chi connectivity index (χ0v) is 17.1. The van der Waals surface area contributed by atoms with Crippen LogP contribution >= 0.6 is 0 Å². The highest BCUT2D eigenvalue weighted by Crippen LogP contribution is 2.39. The summed E-state index contributed by atoms with van der Waals surface area (Å²) in [6.07, 6.45) is -9.95. The first-order valence-electron chi connectivity index (χ1n) is 9.98. The summed E-state index contributed by atoms with van der Waals surface area (Å²) in [7, 11) is 0. The largest absolute Gasteiger partial charge is 0.416 e. The normalized spacial score (nSPS) is 23.0. The molecule has 174 valence electrons. The van der Waals surface area contributed by atoms with Gasteiger partial charge in [0, 0.05) is 6.54 Å². The van der Waals surface area contributed by atoms with Crippen LogP contribution in [0, 0.1) is 4.91 Å². The number of nitrogens with zero attached hydrogens (tertiary/aromatic N) is 1. The highest BCUT2D eigenvalue weighted by atomic mass is 19.4. The van der Waals surface area contributed by atoms with Gasteiger partial charge in [0.25, 0.3) is 0 Å². The van der Waals surface area contributed by atoms with Crippen molar-refractivity contribution in [1.29, 1.82) is 0 Å². The Hall–Kier alpha value is -2.46. The van der Waals surface area contributed by atoms with E-state index >= 15 is 0 Å². The molecular weight excluding hydrogens is 438 g/mol. The summed E-state index contributed by atoms with van der Waals surface area (Å²) in [5.74, 6) is 0. The molecule has 0 saturated carbocycles. The monoisotopic (exact) mass is 460 g/mol. The molecule has 3 atom stereocenters. The number of ether oxygens (including phenoxy) is 1. The molecule has 3 rings (SSSR count). The third-order valence-electron chi connectivity index (χ3n) is 5.72. The van der Waals surface area contributed by atoms with E-state index in [1.54, 1.807) is 0 Å².